The van der Waals surface area contributed by atoms with Crippen LogP contribution >= 0.6 is 0 Å². The van der Waals surface area contributed by atoms with Crippen molar-refractivity contribution in [2.75, 3.05) is 26.2 Å². The van der Waals surface area contributed by atoms with E-state index >= 15 is 0 Å². The van der Waals surface area contributed by atoms with E-state index in [0.717, 1.165) is 0 Å². The molecule has 1 heterocycles. The van der Waals surface area contributed by atoms with Crippen molar-refractivity contribution < 1.29 is 15.3 Å². The van der Waals surface area contributed by atoms with Crippen LogP contribution in [0.1, 0.15) is 0 Å². The lowest BCUT2D eigenvalue weighted by Gasteiger charge is -2.38. The molecule has 0 aliphatic carbocycles. The van der Waals surface area contributed by atoms with Gasteiger partial charge in [0.1, 0.15) is 0 Å². The van der Waals surface area contributed by atoms with E-state index in [9.17, 15) is 10.2 Å². The van der Waals surface area contributed by atoms with Crippen molar-refractivity contribution >= 4 is 0 Å². The van der Waals surface area contributed by atoms with Crippen LogP contribution in [-0.2, 0) is 0 Å². The van der Waals surface area contributed by atoms with E-state index in [4.69, 9.17) is 5.11 Å². The molecule has 1 aliphatic heterocycles. The maximum Gasteiger partial charge on any atom is 0.0929 e. The molecule has 1 fully saturated rings. The molecule has 0 aromatic carbocycles. The topological polar surface area (TPSA) is 63.9 Å². The Kier molecular flexibility index (Phi) is 3.87. The van der Waals surface area contributed by atoms with Crippen molar-refractivity contribution in [3.8, 4) is 0 Å². The molecule has 0 amide bonds. The third kappa shape index (κ3) is 2.51. The van der Waals surface area contributed by atoms with Gasteiger partial charge in [0.05, 0.1) is 12.2 Å². The van der Waals surface area contributed by atoms with Gasteiger partial charge in [-0.3, -0.25) is 4.90 Å². The fourth-order valence-corrected chi connectivity index (χ4v) is 1.70. The van der Waals surface area contributed by atoms with Crippen molar-refractivity contribution in [2.45, 2.75) is 12.2 Å². The highest BCUT2D eigenvalue weighted by Crippen LogP contribution is 2.16. The van der Waals surface area contributed by atoms with Gasteiger partial charge in [-0.15, -0.1) is 6.58 Å². The molecular formula is C9H17NO3. The first-order valence-electron chi connectivity index (χ1n) is 4.49. The number of β-amino-alcohol motifs (C(OH)–C–C–N with tert-alkyl or cyclic N) is 1. The lowest BCUT2D eigenvalue weighted by Crippen LogP contribution is -2.53. The minimum atomic E-state index is -0.800. The van der Waals surface area contributed by atoms with E-state index in [0.29, 0.717) is 19.6 Å². The summed E-state index contributed by atoms with van der Waals surface area (Å²) in [5, 5.41) is 27.8. The molecule has 0 bridgehead atoms. The minimum Gasteiger partial charge on any atom is -0.396 e. The summed E-state index contributed by atoms with van der Waals surface area (Å²) >= 11 is 0. The minimum absolute atomic E-state index is 0.0914. The van der Waals surface area contributed by atoms with Crippen molar-refractivity contribution in [1.29, 1.82) is 0 Å². The van der Waals surface area contributed by atoms with Crippen LogP contribution < -0.4 is 0 Å². The largest absolute Gasteiger partial charge is 0.396 e. The average Bonchev–Trinajstić information content (AvgIpc) is 2.11. The van der Waals surface area contributed by atoms with E-state index in [1.54, 1.807) is 6.08 Å². The maximum absolute atomic E-state index is 9.46. The Bertz CT molecular complexity index is 174. The third-order valence-electron chi connectivity index (χ3n) is 2.44. The lowest BCUT2D eigenvalue weighted by atomic mass is 9.93. The molecule has 3 atom stereocenters. The highest BCUT2D eigenvalue weighted by atomic mass is 16.3. The Balaban J connectivity index is 2.52. The second kappa shape index (κ2) is 4.72. The molecule has 0 aromatic rings. The summed E-state index contributed by atoms with van der Waals surface area (Å²) in [6, 6.07) is 0. The van der Waals surface area contributed by atoms with Gasteiger partial charge < -0.3 is 15.3 Å². The summed E-state index contributed by atoms with van der Waals surface area (Å²) in [7, 11) is 0. The summed E-state index contributed by atoms with van der Waals surface area (Å²) in [5.41, 5.74) is 0. The number of aliphatic hydroxyl groups is 3. The molecule has 0 radical (unpaired) electrons. The van der Waals surface area contributed by atoms with Gasteiger partial charge in [-0.1, -0.05) is 6.08 Å². The van der Waals surface area contributed by atoms with Gasteiger partial charge in [0.15, 0.2) is 0 Å². The number of hydrogen-bond acceptors (Lipinski definition) is 4. The molecule has 4 heteroatoms. The summed E-state index contributed by atoms with van der Waals surface area (Å²) in [5.74, 6) is -0.247. The van der Waals surface area contributed by atoms with Crippen molar-refractivity contribution in [3.63, 3.8) is 0 Å². The van der Waals surface area contributed by atoms with Crippen LogP contribution in [0.15, 0.2) is 12.7 Å². The number of likely N-dealkylation sites (tertiary alicyclic amines) is 1. The summed E-state index contributed by atoms with van der Waals surface area (Å²) in [6.07, 6.45) is 0.190. The molecule has 3 N–H and O–H groups in total. The van der Waals surface area contributed by atoms with Crippen LogP contribution in [-0.4, -0.2) is 58.7 Å². The van der Waals surface area contributed by atoms with Gasteiger partial charge in [0, 0.05) is 32.2 Å². The molecule has 13 heavy (non-hydrogen) atoms. The highest BCUT2D eigenvalue weighted by Gasteiger charge is 2.33. The molecule has 1 rings (SSSR count). The Morgan fingerprint density at radius 1 is 1.38 bits per heavy atom. The fraction of sp³-hybridized carbons (Fsp3) is 0.778. The first-order valence-corrected chi connectivity index (χ1v) is 4.49. The van der Waals surface area contributed by atoms with Gasteiger partial charge >= 0.3 is 0 Å². The predicted molar refractivity (Wildman–Crippen MR) is 49.2 cm³/mol. The van der Waals surface area contributed by atoms with Crippen molar-refractivity contribution in [1.82, 2.24) is 4.90 Å². The van der Waals surface area contributed by atoms with E-state index in [1.165, 1.54) is 0 Å². The van der Waals surface area contributed by atoms with E-state index in [1.807, 2.05) is 4.90 Å². The van der Waals surface area contributed by atoms with Gasteiger partial charge in [0.2, 0.25) is 0 Å². The second-order valence-electron chi connectivity index (χ2n) is 3.51. The quantitative estimate of drug-likeness (QED) is 0.487. The number of aliphatic hydroxyl groups excluding tert-OH is 3. The van der Waals surface area contributed by atoms with Crippen molar-refractivity contribution in [2.24, 2.45) is 5.92 Å². The molecule has 1 saturated heterocycles. The predicted octanol–water partition coefficient (Wildman–Crippen LogP) is -1.18. The third-order valence-corrected chi connectivity index (χ3v) is 2.44. The van der Waals surface area contributed by atoms with Gasteiger partial charge in [-0.2, -0.15) is 0 Å². The Labute approximate surface area is 78.1 Å². The Hall–Kier alpha value is -0.420. The molecule has 0 spiro atoms. The van der Waals surface area contributed by atoms with E-state index < -0.39 is 12.2 Å². The SMILES string of the molecule is C=CCN1C[C@@H](CO)[C@H](O)[C@@H](O)C1. The average molecular weight is 187 g/mol. The fourth-order valence-electron chi connectivity index (χ4n) is 1.70. The highest BCUT2D eigenvalue weighted by molar-refractivity contribution is 4.88. The molecule has 0 aromatic heterocycles. The van der Waals surface area contributed by atoms with Crippen LogP contribution in [0.4, 0.5) is 0 Å². The van der Waals surface area contributed by atoms with Crippen LogP contribution in [0.3, 0.4) is 0 Å². The summed E-state index contributed by atoms with van der Waals surface area (Å²) < 4.78 is 0. The first kappa shape index (κ1) is 10.7. The number of rotatable bonds is 3. The molecule has 0 saturated carbocycles. The van der Waals surface area contributed by atoms with E-state index in [-0.39, 0.29) is 12.5 Å². The molecule has 4 nitrogen and oxygen atoms in total. The number of piperidine rings is 1. The molecule has 0 unspecified atom stereocenters. The number of nitrogens with zero attached hydrogens (tertiary/aromatic N) is 1. The standard InChI is InChI=1S/C9H17NO3/c1-2-3-10-4-7(6-11)9(13)8(12)5-10/h2,7-9,11-13H,1,3-6H2/t7-,8-,9-/m0/s1. The van der Waals surface area contributed by atoms with Crippen LogP contribution in [0.2, 0.25) is 0 Å². The van der Waals surface area contributed by atoms with Gasteiger partial charge in [0.25, 0.3) is 0 Å². The molecule has 1 aliphatic rings. The van der Waals surface area contributed by atoms with Gasteiger partial charge in [-0.25, -0.2) is 0 Å². The zero-order chi connectivity index (χ0) is 9.84. The van der Waals surface area contributed by atoms with Crippen molar-refractivity contribution in [3.05, 3.63) is 12.7 Å². The smallest absolute Gasteiger partial charge is 0.0929 e. The van der Waals surface area contributed by atoms with Crippen LogP contribution in [0.25, 0.3) is 0 Å². The monoisotopic (exact) mass is 187 g/mol. The lowest BCUT2D eigenvalue weighted by molar-refractivity contribution is -0.0836. The Morgan fingerprint density at radius 2 is 2.08 bits per heavy atom. The summed E-state index contributed by atoms with van der Waals surface area (Å²) in [6.45, 7) is 5.25. The Morgan fingerprint density at radius 3 is 2.62 bits per heavy atom. The first-order chi connectivity index (χ1) is 6.19. The zero-order valence-corrected chi connectivity index (χ0v) is 7.63. The second-order valence-corrected chi connectivity index (χ2v) is 3.51. The maximum atomic E-state index is 9.46. The molecule has 76 valence electrons. The zero-order valence-electron chi connectivity index (χ0n) is 7.63. The number of hydrogen-bond donors (Lipinski definition) is 3. The van der Waals surface area contributed by atoms with Crippen LogP contribution in [0, 0.1) is 5.92 Å². The van der Waals surface area contributed by atoms with E-state index in [2.05, 4.69) is 6.58 Å². The summed E-state index contributed by atoms with van der Waals surface area (Å²) in [4.78, 5) is 1.96. The normalized spacial score (nSPS) is 36.1. The van der Waals surface area contributed by atoms with Crippen LogP contribution in [0.5, 0.6) is 0 Å². The van der Waals surface area contributed by atoms with Gasteiger partial charge in [-0.05, 0) is 0 Å². The molecular weight excluding hydrogens is 170 g/mol.